The molecule has 0 unspecified atom stereocenters. The lowest BCUT2D eigenvalue weighted by molar-refractivity contribution is -0.130. The second-order valence-corrected chi connectivity index (χ2v) is 7.42. The minimum atomic E-state index is -0.403. The van der Waals surface area contributed by atoms with Crippen molar-refractivity contribution >= 4 is 23.4 Å². The van der Waals surface area contributed by atoms with E-state index in [9.17, 15) is 18.8 Å². The first-order valence-electron chi connectivity index (χ1n) is 9.56. The zero-order valence-corrected chi connectivity index (χ0v) is 16.4. The lowest BCUT2D eigenvalue weighted by atomic mass is 10.1. The number of anilines is 1. The van der Waals surface area contributed by atoms with Crippen molar-refractivity contribution in [2.24, 2.45) is 5.92 Å². The van der Waals surface area contributed by atoms with E-state index in [4.69, 9.17) is 0 Å². The Morgan fingerprint density at radius 1 is 1.17 bits per heavy atom. The Bertz CT molecular complexity index is 912. The molecule has 1 atom stereocenters. The van der Waals surface area contributed by atoms with Gasteiger partial charge in [0, 0.05) is 36.8 Å². The molecule has 1 fully saturated rings. The molecule has 0 saturated carbocycles. The largest absolute Gasteiger partial charge is 0.352 e. The maximum absolute atomic E-state index is 13.0. The van der Waals surface area contributed by atoms with E-state index in [1.165, 1.54) is 24.3 Å². The number of benzene rings is 2. The molecule has 2 aromatic carbocycles. The maximum atomic E-state index is 13.0. The number of hydrogen-bond donors (Lipinski definition) is 2. The molecular formula is C22H24FN3O3. The highest BCUT2D eigenvalue weighted by atomic mass is 19.1. The molecule has 0 aromatic heterocycles. The van der Waals surface area contributed by atoms with E-state index in [2.05, 4.69) is 10.6 Å². The summed E-state index contributed by atoms with van der Waals surface area (Å²) in [5, 5.41) is 5.63. The minimum Gasteiger partial charge on any atom is -0.352 e. The van der Waals surface area contributed by atoms with Gasteiger partial charge in [0.2, 0.25) is 11.8 Å². The predicted molar refractivity (Wildman–Crippen MR) is 108 cm³/mol. The summed E-state index contributed by atoms with van der Waals surface area (Å²) in [6, 6.07) is 12.5. The number of halogens is 1. The van der Waals surface area contributed by atoms with Crippen LogP contribution in [0.3, 0.4) is 0 Å². The van der Waals surface area contributed by atoms with Crippen LogP contribution in [0.5, 0.6) is 0 Å². The number of rotatable bonds is 6. The average Bonchev–Trinajstić information content (AvgIpc) is 3.09. The van der Waals surface area contributed by atoms with E-state index in [-0.39, 0.29) is 36.1 Å². The SMILES string of the molecule is CC(C)N1C[C@H](C(=O)NCc2cccc(NC(=O)c3ccc(F)cc3)c2)CC1=O. The van der Waals surface area contributed by atoms with Crippen LogP contribution in [0.25, 0.3) is 0 Å². The molecule has 2 N–H and O–H groups in total. The Labute approximate surface area is 169 Å². The van der Waals surface area contributed by atoms with Crippen LogP contribution in [0.2, 0.25) is 0 Å². The Kier molecular flexibility index (Phi) is 6.26. The van der Waals surface area contributed by atoms with Gasteiger partial charge in [-0.25, -0.2) is 4.39 Å². The number of amides is 3. The fourth-order valence-corrected chi connectivity index (χ4v) is 3.30. The van der Waals surface area contributed by atoms with Crippen LogP contribution in [-0.2, 0) is 16.1 Å². The van der Waals surface area contributed by atoms with Crippen molar-refractivity contribution in [2.75, 3.05) is 11.9 Å². The second kappa shape index (κ2) is 8.86. The van der Waals surface area contributed by atoms with Crippen LogP contribution in [0.15, 0.2) is 48.5 Å². The summed E-state index contributed by atoms with van der Waals surface area (Å²) in [6.45, 7) is 4.61. The van der Waals surface area contributed by atoms with Crippen molar-refractivity contribution in [3.05, 3.63) is 65.5 Å². The van der Waals surface area contributed by atoms with Crippen LogP contribution in [0.4, 0.5) is 10.1 Å². The number of nitrogens with zero attached hydrogens (tertiary/aromatic N) is 1. The molecule has 0 spiro atoms. The summed E-state index contributed by atoms with van der Waals surface area (Å²) in [6.07, 6.45) is 0.234. The van der Waals surface area contributed by atoms with Gasteiger partial charge in [-0.15, -0.1) is 0 Å². The van der Waals surface area contributed by atoms with Crippen LogP contribution >= 0.6 is 0 Å². The quantitative estimate of drug-likeness (QED) is 0.787. The van der Waals surface area contributed by atoms with Crippen LogP contribution < -0.4 is 10.6 Å². The van der Waals surface area contributed by atoms with Crippen molar-refractivity contribution in [2.45, 2.75) is 32.9 Å². The van der Waals surface area contributed by atoms with Gasteiger partial charge in [-0.3, -0.25) is 14.4 Å². The standard InChI is InChI=1S/C22H24FN3O3/c1-14(2)26-13-17(11-20(26)27)21(28)24-12-15-4-3-5-19(10-15)25-22(29)16-6-8-18(23)9-7-16/h3-10,14,17H,11-13H2,1-2H3,(H,24,28)(H,25,29)/t17-/m1/s1. The maximum Gasteiger partial charge on any atom is 0.255 e. The Morgan fingerprint density at radius 3 is 2.55 bits per heavy atom. The Balaban J connectivity index is 1.56. The molecule has 1 aliphatic heterocycles. The molecule has 6 nitrogen and oxygen atoms in total. The number of nitrogens with one attached hydrogen (secondary N) is 2. The smallest absolute Gasteiger partial charge is 0.255 e. The molecule has 3 rings (SSSR count). The summed E-state index contributed by atoms with van der Waals surface area (Å²) >= 11 is 0. The molecule has 152 valence electrons. The fraction of sp³-hybridized carbons (Fsp3) is 0.318. The van der Waals surface area contributed by atoms with Crippen molar-refractivity contribution in [1.29, 1.82) is 0 Å². The fourth-order valence-electron chi connectivity index (χ4n) is 3.30. The zero-order valence-electron chi connectivity index (χ0n) is 16.4. The molecule has 7 heteroatoms. The van der Waals surface area contributed by atoms with E-state index in [1.807, 2.05) is 19.9 Å². The highest BCUT2D eigenvalue weighted by molar-refractivity contribution is 6.04. The summed E-state index contributed by atoms with van der Waals surface area (Å²) in [5.74, 6) is -1.23. The summed E-state index contributed by atoms with van der Waals surface area (Å²) in [4.78, 5) is 38.4. The average molecular weight is 397 g/mol. The molecular weight excluding hydrogens is 373 g/mol. The first kappa shape index (κ1) is 20.5. The first-order chi connectivity index (χ1) is 13.8. The van der Waals surface area contributed by atoms with Gasteiger partial charge in [-0.1, -0.05) is 12.1 Å². The number of hydrogen-bond acceptors (Lipinski definition) is 3. The molecule has 1 heterocycles. The zero-order chi connectivity index (χ0) is 21.0. The monoisotopic (exact) mass is 397 g/mol. The van der Waals surface area contributed by atoms with Gasteiger partial charge < -0.3 is 15.5 Å². The van der Waals surface area contributed by atoms with E-state index >= 15 is 0 Å². The molecule has 0 aliphatic carbocycles. The molecule has 0 bridgehead atoms. The molecule has 29 heavy (non-hydrogen) atoms. The van der Waals surface area contributed by atoms with E-state index < -0.39 is 5.82 Å². The summed E-state index contributed by atoms with van der Waals surface area (Å²) < 4.78 is 13.0. The van der Waals surface area contributed by atoms with E-state index in [0.717, 1.165) is 5.56 Å². The molecule has 3 amide bonds. The van der Waals surface area contributed by atoms with Gasteiger partial charge in [0.05, 0.1) is 5.92 Å². The Hall–Kier alpha value is -3.22. The van der Waals surface area contributed by atoms with Crippen molar-refractivity contribution in [3.8, 4) is 0 Å². The van der Waals surface area contributed by atoms with Crippen molar-refractivity contribution in [3.63, 3.8) is 0 Å². The first-order valence-corrected chi connectivity index (χ1v) is 9.56. The van der Waals surface area contributed by atoms with Gasteiger partial charge in [0.1, 0.15) is 5.82 Å². The molecule has 1 aliphatic rings. The van der Waals surface area contributed by atoms with Gasteiger partial charge in [0.25, 0.3) is 5.91 Å². The number of carbonyl (C=O) groups is 3. The molecule has 0 radical (unpaired) electrons. The third-order valence-electron chi connectivity index (χ3n) is 4.91. The second-order valence-electron chi connectivity index (χ2n) is 7.42. The van der Waals surface area contributed by atoms with Crippen LogP contribution in [-0.4, -0.2) is 35.2 Å². The van der Waals surface area contributed by atoms with Gasteiger partial charge in [-0.2, -0.15) is 0 Å². The summed E-state index contributed by atoms with van der Waals surface area (Å²) in [5.41, 5.74) is 1.75. The van der Waals surface area contributed by atoms with Crippen LogP contribution in [0.1, 0.15) is 36.2 Å². The third-order valence-corrected chi connectivity index (χ3v) is 4.91. The normalized spacial score (nSPS) is 16.2. The summed E-state index contributed by atoms with van der Waals surface area (Å²) in [7, 11) is 0. The topological polar surface area (TPSA) is 78.5 Å². The van der Waals surface area contributed by atoms with Crippen molar-refractivity contribution < 1.29 is 18.8 Å². The molecule has 1 saturated heterocycles. The third kappa shape index (κ3) is 5.19. The Morgan fingerprint density at radius 2 is 1.90 bits per heavy atom. The van der Waals surface area contributed by atoms with Gasteiger partial charge >= 0.3 is 0 Å². The van der Waals surface area contributed by atoms with Gasteiger partial charge in [-0.05, 0) is 55.8 Å². The van der Waals surface area contributed by atoms with Crippen LogP contribution in [0, 0.1) is 11.7 Å². The van der Waals surface area contributed by atoms with E-state index in [1.54, 1.807) is 23.1 Å². The predicted octanol–water partition coefficient (Wildman–Crippen LogP) is 2.95. The van der Waals surface area contributed by atoms with Crippen molar-refractivity contribution in [1.82, 2.24) is 10.2 Å². The highest BCUT2D eigenvalue weighted by Gasteiger charge is 2.35. The highest BCUT2D eigenvalue weighted by Crippen LogP contribution is 2.20. The minimum absolute atomic E-state index is 0.00523. The number of carbonyl (C=O) groups excluding carboxylic acids is 3. The van der Waals surface area contributed by atoms with E-state index in [0.29, 0.717) is 24.3 Å². The number of likely N-dealkylation sites (tertiary alicyclic amines) is 1. The lowest BCUT2D eigenvalue weighted by Gasteiger charge is -2.20. The lowest BCUT2D eigenvalue weighted by Crippen LogP contribution is -2.35. The molecule has 2 aromatic rings. The van der Waals surface area contributed by atoms with Gasteiger partial charge in [0.15, 0.2) is 0 Å².